The van der Waals surface area contributed by atoms with Crippen LogP contribution in [-0.2, 0) is 9.53 Å². The Morgan fingerprint density at radius 2 is 2.08 bits per heavy atom. The number of carbonyl (C=O) groups is 2. The molecule has 0 radical (unpaired) electrons. The highest BCUT2D eigenvalue weighted by Crippen LogP contribution is 2.27. The molecule has 1 aromatic carbocycles. The van der Waals surface area contributed by atoms with Crippen LogP contribution in [0, 0.1) is 5.92 Å². The molecule has 1 heterocycles. The van der Waals surface area contributed by atoms with Crippen molar-refractivity contribution in [2.45, 2.75) is 13.3 Å². The van der Waals surface area contributed by atoms with Gasteiger partial charge in [0.1, 0.15) is 5.75 Å². The van der Waals surface area contributed by atoms with Gasteiger partial charge in [-0.1, -0.05) is 6.92 Å². The molecule has 2 N–H and O–H groups in total. The Labute approximate surface area is 147 Å². The first-order valence-electron chi connectivity index (χ1n) is 8.55. The van der Waals surface area contributed by atoms with E-state index in [0.717, 1.165) is 19.5 Å². The standard InChI is InChI=1S/C18H26N2O5/c1-3-13(11-20-6-8-24-9-7-20)18(23)14-4-5-15(19-2)16(10-14)25-12-17(21)22/h4-5,10,13,19H,3,6-9,11-12H2,1-2H3,(H,21,22). The molecular weight excluding hydrogens is 324 g/mol. The number of carboxylic acids is 1. The van der Waals surface area contributed by atoms with Crippen molar-refractivity contribution in [2.24, 2.45) is 5.92 Å². The smallest absolute Gasteiger partial charge is 0.341 e. The van der Waals surface area contributed by atoms with Gasteiger partial charge in [-0.25, -0.2) is 4.79 Å². The highest BCUT2D eigenvalue weighted by Gasteiger charge is 2.23. The summed E-state index contributed by atoms with van der Waals surface area (Å²) in [6.45, 7) is 5.36. The summed E-state index contributed by atoms with van der Waals surface area (Å²) in [5.74, 6) is -0.739. The second-order valence-electron chi connectivity index (χ2n) is 6.03. The fourth-order valence-corrected chi connectivity index (χ4v) is 2.87. The molecule has 25 heavy (non-hydrogen) atoms. The summed E-state index contributed by atoms with van der Waals surface area (Å²) >= 11 is 0. The first-order chi connectivity index (χ1) is 12.0. The maximum absolute atomic E-state index is 12.9. The maximum atomic E-state index is 12.9. The molecule has 1 fully saturated rings. The number of ether oxygens (including phenoxy) is 2. The third-order valence-corrected chi connectivity index (χ3v) is 4.33. The first-order valence-corrected chi connectivity index (χ1v) is 8.55. The Hall–Kier alpha value is -2.12. The van der Waals surface area contributed by atoms with Gasteiger partial charge >= 0.3 is 5.97 Å². The van der Waals surface area contributed by atoms with Gasteiger partial charge in [-0.2, -0.15) is 0 Å². The van der Waals surface area contributed by atoms with Crippen molar-refractivity contribution in [3.8, 4) is 5.75 Å². The van der Waals surface area contributed by atoms with Gasteiger partial charge in [0.15, 0.2) is 12.4 Å². The van der Waals surface area contributed by atoms with Crippen LogP contribution in [0.25, 0.3) is 0 Å². The highest BCUT2D eigenvalue weighted by atomic mass is 16.5. The normalized spacial score (nSPS) is 16.2. The number of nitrogens with zero attached hydrogens (tertiary/aromatic N) is 1. The molecule has 0 aromatic heterocycles. The lowest BCUT2D eigenvalue weighted by molar-refractivity contribution is -0.139. The van der Waals surface area contributed by atoms with E-state index in [1.54, 1.807) is 25.2 Å². The molecule has 7 nitrogen and oxygen atoms in total. The third-order valence-electron chi connectivity index (χ3n) is 4.33. The van der Waals surface area contributed by atoms with E-state index < -0.39 is 12.6 Å². The molecule has 7 heteroatoms. The second kappa shape index (κ2) is 9.39. The zero-order chi connectivity index (χ0) is 18.2. The Morgan fingerprint density at radius 1 is 1.36 bits per heavy atom. The van der Waals surface area contributed by atoms with Gasteiger partial charge in [0.25, 0.3) is 0 Å². The summed E-state index contributed by atoms with van der Waals surface area (Å²) in [6, 6.07) is 5.12. The number of ketones is 1. The predicted molar refractivity (Wildman–Crippen MR) is 94.5 cm³/mol. The molecule has 1 unspecified atom stereocenters. The Kier molecular flexibility index (Phi) is 7.21. The van der Waals surface area contributed by atoms with Crippen molar-refractivity contribution in [3.63, 3.8) is 0 Å². The van der Waals surface area contributed by atoms with Crippen molar-refractivity contribution in [3.05, 3.63) is 23.8 Å². The van der Waals surface area contributed by atoms with Gasteiger partial charge in [0.05, 0.1) is 18.9 Å². The zero-order valence-electron chi connectivity index (χ0n) is 14.8. The number of rotatable bonds is 9. The average molecular weight is 350 g/mol. The van der Waals surface area contributed by atoms with Crippen molar-refractivity contribution < 1.29 is 24.2 Å². The molecule has 0 aliphatic carbocycles. The SMILES string of the molecule is CCC(CN1CCOCC1)C(=O)c1ccc(NC)c(OCC(=O)O)c1. The van der Waals surface area contributed by atoms with Crippen molar-refractivity contribution in [2.75, 3.05) is 51.8 Å². The van der Waals surface area contributed by atoms with Gasteiger partial charge < -0.3 is 19.9 Å². The van der Waals surface area contributed by atoms with Crippen LogP contribution in [0.1, 0.15) is 23.7 Å². The van der Waals surface area contributed by atoms with E-state index >= 15 is 0 Å². The summed E-state index contributed by atoms with van der Waals surface area (Å²) < 4.78 is 10.7. The van der Waals surface area contributed by atoms with E-state index in [1.807, 2.05) is 6.92 Å². The molecule has 0 saturated carbocycles. The lowest BCUT2D eigenvalue weighted by Crippen LogP contribution is -2.40. The molecule has 1 aromatic rings. The van der Waals surface area contributed by atoms with Crippen LogP contribution in [-0.4, -0.2) is 68.3 Å². The second-order valence-corrected chi connectivity index (χ2v) is 6.03. The summed E-state index contributed by atoms with van der Waals surface area (Å²) in [6.07, 6.45) is 0.745. The number of carbonyl (C=O) groups excluding carboxylic acids is 1. The molecule has 0 bridgehead atoms. The van der Waals surface area contributed by atoms with E-state index in [4.69, 9.17) is 14.6 Å². The quantitative estimate of drug-likeness (QED) is 0.656. The van der Waals surface area contributed by atoms with Crippen LogP contribution >= 0.6 is 0 Å². The summed E-state index contributed by atoms with van der Waals surface area (Å²) in [5, 5.41) is 11.7. The van der Waals surface area contributed by atoms with E-state index in [1.165, 1.54) is 0 Å². The van der Waals surface area contributed by atoms with E-state index in [0.29, 0.717) is 36.8 Å². The van der Waals surface area contributed by atoms with Gasteiger partial charge in [-0.15, -0.1) is 0 Å². The Bertz CT molecular complexity index is 599. The van der Waals surface area contributed by atoms with E-state index in [2.05, 4.69) is 10.2 Å². The molecular formula is C18H26N2O5. The number of Topliss-reactive ketones (excluding diaryl/α,β-unsaturated/α-hetero) is 1. The van der Waals surface area contributed by atoms with Crippen LogP contribution in [0.5, 0.6) is 5.75 Å². The van der Waals surface area contributed by atoms with Gasteiger partial charge in [0, 0.05) is 38.2 Å². The first kappa shape index (κ1) is 19.2. The van der Waals surface area contributed by atoms with Gasteiger partial charge in [-0.05, 0) is 24.6 Å². The fraction of sp³-hybridized carbons (Fsp3) is 0.556. The zero-order valence-corrected chi connectivity index (χ0v) is 14.8. The number of hydrogen-bond acceptors (Lipinski definition) is 6. The van der Waals surface area contributed by atoms with E-state index in [9.17, 15) is 9.59 Å². The number of anilines is 1. The number of nitrogens with one attached hydrogen (secondary N) is 1. The van der Waals surface area contributed by atoms with Crippen LogP contribution in [0.2, 0.25) is 0 Å². The van der Waals surface area contributed by atoms with Gasteiger partial charge in [-0.3, -0.25) is 9.69 Å². The molecule has 1 saturated heterocycles. The number of hydrogen-bond donors (Lipinski definition) is 2. The minimum absolute atomic E-state index is 0.0526. The number of morpholine rings is 1. The molecule has 0 amide bonds. The number of benzene rings is 1. The van der Waals surface area contributed by atoms with Crippen LogP contribution in [0.3, 0.4) is 0 Å². The molecule has 138 valence electrons. The van der Waals surface area contributed by atoms with Gasteiger partial charge in [0.2, 0.25) is 0 Å². The molecule has 1 aliphatic heterocycles. The van der Waals surface area contributed by atoms with Crippen molar-refractivity contribution >= 4 is 17.4 Å². The number of carboxylic acid groups (broad SMARTS) is 1. The van der Waals surface area contributed by atoms with Crippen LogP contribution < -0.4 is 10.1 Å². The van der Waals surface area contributed by atoms with Crippen molar-refractivity contribution in [1.29, 1.82) is 0 Å². The largest absolute Gasteiger partial charge is 0.480 e. The van der Waals surface area contributed by atoms with Crippen LogP contribution in [0.15, 0.2) is 18.2 Å². The molecule has 1 aliphatic rings. The lowest BCUT2D eigenvalue weighted by Gasteiger charge is -2.29. The number of aliphatic carboxylic acids is 1. The van der Waals surface area contributed by atoms with Crippen molar-refractivity contribution in [1.82, 2.24) is 4.90 Å². The highest BCUT2D eigenvalue weighted by molar-refractivity contribution is 5.99. The average Bonchev–Trinajstić information content (AvgIpc) is 2.64. The summed E-state index contributed by atoms with van der Waals surface area (Å²) in [7, 11) is 1.72. The van der Waals surface area contributed by atoms with Crippen LogP contribution in [0.4, 0.5) is 5.69 Å². The minimum Gasteiger partial charge on any atom is -0.480 e. The lowest BCUT2D eigenvalue weighted by atomic mass is 9.94. The molecule has 2 rings (SSSR count). The predicted octanol–water partition coefficient (Wildman–Crippen LogP) is 1.73. The maximum Gasteiger partial charge on any atom is 0.341 e. The monoisotopic (exact) mass is 350 g/mol. The summed E-state index contributed by atoms with van der Waals surface area (Å²) in [4.78, 5) is 25.9. The Morgan fingerprint density at radius 3 is 2.68 bits per heavy atom. The fourth-order valence-electron chi connectivity index (χ4n) is 2.87. The topological polar surface area (TPSA) is 88.1 Å². The summed E-state index contributed by atoms with van der Waals surface area (Å²) in [5.41, 5.74) is 1.19. The molecule has 1 atom stereocenters. The minimum atomic E-state index is -1.06. The Balaban J connectivity index is 2.12. The third kappa shape index (κ3) is 5.44. The van der Waals surface area contributed by atoms with E-state index in [-0.39, 0.29) is 11.7 Å². The molecule has 0 spiro atoms.